The highest BCUT2D eigenvalue weighted by atomic mass is 16.4. The summed E-state index contributed by atoms with van der Waals surface area (Å²) in [5.41, 5.74) is 1.03. The van der Waals surface area contributed by atoms with Crippen molar-refractivity contribution in [3.8, 4) is 0 Å². The lowest BCUT2D eigenvalue weighted by molar-refractivity contribution is -0.137. The zero-order valence-electron chi connectivity index (χ0n) is 11.6. The van der Waals surface area contributed by atoms with E-state index in [0.717, 1.165) is 5.56 Å². The average molecular weight is 290 g/mol. The second-order valence-electron chi connectivity index (χ2n) is 5.10. The zero-order valence-corrected chi connectivity index (χ0v) is 11.6. The minimum absolute atomic E-state index is 0.0442. The van der Waals surface area contributed by atoms with E-state index in [0.29, 0.717) is 13.1 Å². The predicted octanol–water partition coefficient (Wildman–Crippen LogP) is 0.626. The molecule has 112 valence electrons. The summed E-state index contributed by atoms with van der Waals surface area (Å²) in [5, 5.41) is 11.1. The van der Waals surface area contributed by atoms with Gasteiger partial charge in [-0.2, -0.15) is 0 Å². The molecule has 0 aromatic heterocycles. The number of carboxylic acids is 1. The Bertz CT molecular complexity index is 530. The minimum atomic E-state index is -0.955. The number of benzene rings is 1. The maximum absolute atomic E-state index is 11.9. The van der Waals surface area contributed by atoms with Crippen LogP contribution in [-0.4, -0.2) is 40.9 Å². The van der Waals surface area contributed by atoms with Crippen molar-refractivity contribution >= 4 is 17.8 Å². The molecule has 1 atom stereocenters. The molecule has 1 saturated heterocycles. The van der Waals surface area contributed by atoms with Crippen molar-refractivity contribution in [1.82, 2.24) is 10.2 Å². The Morgan fingerprint density at radius 2 is 2.00 bits per heavy atom. The van der Waals surface area contributed by atoms with Crippen molar-refractivity contribution in [1.29, 1.82) is 0 Å². The molecule has 0 bridgehead atoms. The number of hydrogen-bond donors (Lipinski definition) is 2. The van der Waals surface area contributed by atoms with Crippen molar-refractivity contribution < 1.29 is 19.5 Å². The van der Waals surface area contributed by atoms with Crippen LogP contribution in [0.4, 0.5) is 0 Å². The van der Waals surface area contributed by atoms with E-state index < -0.39 is 11.9 Å². The second kappa shape index (κ2) is 6.88. The van der Waals surface area contributed by atoms with Crippen molar-refractivity contribution in [2.24, 2.45) is 5.92 Å². The molecule has 1 aromatic rings. The Hall–Kier alpha value is -2.37. The Kier molecular flexibility index (Phi) is 4.92. The number of likely N-dealkylation sites (tertiary alicyclic amines) is 1. The van der Waals surface area contributed by atoms with Crippen LogP contribution < -0.4 is 5.32 Å². The summed E-state index contributed by atoms with van der Waals surface area (Å²) in [6.07, 6.45) is 0.0753. The van der Waals surface area contributed by atoms with Crippen LogP contribution in [0, 0.1) is 5.92 Å². The normalized spacial score (nSPS) is 17.8. The number of aliphatic carboxylic acids is 1. The summed E-state index contributed by atoms with van der Waals surface area (Å²) < 4.78 is 0. The molecule has 2 amide bonds. The molecule has 2 rings (SSSR count). The lowest BCUT2D eigenvalue weighted by atomic mass is 10.1. The standard InChI is InChI=1S/C15H18N2O4/c18-13-8-12(15(21)16-7-6-14(19)20)10-17(13)9-11-4-2-1-3-5-11/h1-5,12H,6-10H2,(H,16,21)(H,19,20). The predicted molar refractivity (Wildman–Crippen MR) is 75.2 cm³/mol. The molecular formula is C15H18N2O4. The molecule has 1 unspecified atom stereocenters. The number of hydrogen-bond acceptors (Lipinski definition) is 3. The van der Waals surface area contributed by atoms with Crippen LogP contribution in [0.25, 0.3) is 0 Å². The van der Waals surface area contributed by atoms with Gasteiger partial charge >= 0.3 is 5.97 Å². The third-order valence-corrected chi connectivity index (χ3v) is 3.44. The van der Waals surface area contributed by atoms with Crippen LogP contribution in [0.1, 0.15) is 18.4 Å². The monoisotopic (exact) mass is 290 g/mol. The van der Waals surface area contributed by atoms with E-state index in [1.165, 1.54) is 0 Å². The third kappa shape index (κ3) is 4.30. The summed E-state index contributed by atoms with van der Waals surface area (Å²) in [6.45, 7) is 0.975. The van der Waals surface area contributed by atoms with Gasteiger partial charge in [-0.3, -0.25) is 14.4 Å². The Morgan fingerprint density at radius 1 is 1.29 bits per heavy atom. The van der Waals surface area contributed by atoms with E-state index in [-0.39, 0.29) is 31.2 Å². The molecule has 1 heterocycles. The highest BCUT2D eigenvalue weighted by molar-refractivity contribution is 5.89. The molecule has 21 heavy (non-hydrogen) atoms. The molecule has 0 saturated carbocycles. The number of carbonyl (C=O) groups is 3. The number of amides is 2. The van der Waals surface area contributed by atoms with E-state index in [1.54, 1.807) is 4.90 Å². The Labute approximate surface area is 122 Å². The Balaban J connectivity index is 1.84. The first-order chi connectivity index (χ1) is 10.1. The van der Waals surface area contributed by atoms with Crippen LogP contribution in [0.3, 0.4) is 0 Å². The van der Waals surface area contributed by atoms with E-state index in [2.05, 4.69) is 5.32 Å². The molecule has 1 aliphatic heterocycles. The van der Waals surface area contributed by atoms with Gasteiger partial charge in [0.1, 0.15) is 0 Å². The van der Waals surface area contributed by atoms with Gasteiger partial charge in [-0.25, -0.2) is 0 Å². The zero-order chi connectivity index (χ0) is 15.2. The lowest BCUT2D eigenvalue weighted by Crippen LogP contribution is -2.34. The average Bonchev–Trinajstić information content (AvgIpc) is 2.81. The maximum Gasteiger partial charge on any atom is 0.305 e. The molecule has 0 spiro atoms. The highest BCUT2D eigenvalue weighted by Gasteiger charge is 2.33. The van der Waals surface area contributed by atoms with Gasteiger partial charge in [0.15, 0.2) is 0 Å². The quantitative estimate of drug-likeness (QED) is 0.804. The molecule has 0 aliphatic carbocycles. The number of carboxylic acid groups (broad SMARTS) is 1. The first-order valence-corrected chi connectivity index (χ1v) is 6.87. The van der Waals surface area contributed by atoms with E-state index in [9.17, 15) is 14.4 Å². The number of nitrogens with zero attached hydrogens (tertiary/aromatic N) is 1. The van der Waals surface area contributed by atoms with Gasteiger partial charge in [0, 0.05) is 26.1 Å². The van der Waals surface area contributed by atoms with E-state index in [4.69, 9.17) is 5.11 Å². The summed E-state index contributed by atoms with van der Waals surface area (Å²) in [7, 11) is 0. The first-order valence-electron chi connectivity index (χ1n) is 6.87. The topological polar surface area (TPSA) is 86.7 Å². The minimum Gasteiger partial charge on any atom is -0.481 e. The maximum atomic E-state index is 11.9. The number of carbonyl (C=O) groups excluding carboxylic acids is 2. The molecule has 1 fully saturated rings. The van der Waals surface area contributed by atoms with Crippen LogP contribution in [0.15, 0.2) is 30.3 Å². The van der Waals surface area contributed by atoms with Gasteiger partial charge in [-0.05, 0) is 5.56 Å². The van der Waals surface area contributed by atoms with Gasteiger partial charge in [-0.1, -0.05) is 30.3 Å². The third-order valence-electron chi connectivity index (χ3n) is 3.44. The summed E-state index contributed by atoms with van der Waals surface area (Å²) in [4.78, 5) is 35.9. The van der Waals surface area contributed by atoms with Crippen LogP contribution in [-0.2, 0) is 20.9 Å². The molecule has 1 aliphatic rings. The molecule has 6 heteroatoms. The Morgan fingerprint density at radius 3 is 2.67 bits per heavy atom. The molecule has 2 N–H and O–H groups in total. The largest absolute Gasteiger partial charge is 0.481 e. The van der Waals surface area contributed by atoms with Gasteiger partial charge in [-0.15, -0.1) is 0 Å². The van der Waals surface area contributed by atoms with Crippen molar-refractivity contribution in [3.05, 3.63) is 35.9 Å². The van der Waals surface area contributed by atoms with Crippen molar-refractivity contribution in [3.63, 3.8) is 0 Å². The van der Waals surface area contributed by atoms with Crippen molar-refractivity contribution in [2.45, 2.75) is 19.4 Å². The second-order valence-corrected chi connectivity index (χ2v) is 5.10. The fraction of sp³-hybridized carbons (Fsp3) is 0.400. The SMILES string of the molecule is O=C(O)CCNC(=O)C1CC(=O)N(Cc2ccccc2)C1. The smallest absolute Gasteiger partial charge is 0.305 e. The fourth-order valence-corrected chi connectivity index (χ4v) is 2.34. The number of nitrogens with one attached hydrogen (secondary N) is 1. The highest BCUT2D eigenvalue weighted by Crippen LogP contribution is 2.20. The van der Waals surface area contributed by atoms with Gasteiger partial charge in [0.05, 0.1) is 12.3 Å². The summed E-state index contributed by atoms with van der Waals surface area (Å²) in [6, 6.07) is 9.60. The van der Waals surface area contributed by atoms with Crippen LogP contribution in [0.5, 0.6) is 0 Å². The number of rotatable bonds is 6. The van der Waals surface area contributed by atoms with Gasteiger partial charge < -0.3 is 15.3 Å². The van der Waals surface area contributed by atoms with Gasteiger partial charge in [0.2, 0.25) is 11.8 Å². The lowest BCUT2D eigenvalue weighted by Gasteiger charge is -2.16. The first kappa shape index (κ1) is 15.0. The molecule has 0 radical (unpaired) electrons. The summed E-state index contributed by atoms with van der Waals surface area (Å²) >= 11 is 0. The molecule has 6 nitrogen and oxygen atoms in total. The molecular weight excluding hydrogens is 272 g/mol. The van der Waals surface area contributed by atoms with Crippen molar-refractivity contribution in [2.75, 3.05) is 13.1 Å². The molecule has 1 aromatic carbocycles. The van der Waals surface area contributed by atoms with Gasteiger partial charge in [0.25, 0.3) is 0 Å². The fourth-order valence-electron chi connectivity index (χ4n) is 2.34. The van der Waals surface area contributed by atoms with E-state index in [1.807, 2.05) is 30.3 Å². The van der Waals surface area contributed by atoms with Crippen LogP contribution >= 0.6 is 0 Å². The van der Waals surface area contributed by atoms with Crippen LogP contribution in [0.2, 0.25) is 0 Å². The summed E-state index contributed by atoms with van der Waals surface area (Å²) in [5.74, 6) is -1.64. The van der Waals surface area contributed by atoms with E-state index >= 15 is 0 Å².